The molecule has 1 amide bonds. The number of benzene rings is 3. The Labute approximate surface area is 208 Å². The highest BCUT2D eigenvalue weighted by molar-refractivity contribution is 6.51. The summed E-state index contributed by atoms with van der Waals surface area (Å²) in [5.74, 6) is -1.90. The lowest BCUT2D eigenvalue weighted by Gasteiger charge is -2.26. The maximum atomic E-state index is 13.4. The van der Waals surface area contributed by atoms with E-state index in [1.807, 2.05) is 6.92 Å². The van der Waals surface area contributed by atoms with Crippen molar-refractivity contribution < 1.29 is 34.1 Å². The first-order valence-corrected chi connectivity index (χ1v) is 11.2. The second-order valence-electron chi connectivity index (χ2n) is 8.33. The molecule has 0 aliphatic carbocycles. The van der Waals surface area contributed by atoms with Crippen LogP contribution in [0.5, 0.6) is 11.5 Å². The van der Waals surface area contributed by atoms with E-state index in [0.717, 1.165) is 5.56 Å². The van der Waals surface area contributed by atoms with E-state index in [1.165, 1.54) is 19.1 Å². The number of hydrogen-bond acceptors (Lipinski definition) is 6. The van der Waals surface area contributed by atoms with E-state index in [4.69, 9.17) is 14.6 Å². The van der Waals surface area contributed by atoms with Crippen molar-refractivity contribution in [3.05, 3.63) is 94.6 Å². The predicted octanol–water partition coefficient (Wildman–Crippen LogP) is 4.27. The van der Waals surface area contributed by atoms with E-state index in [-0.39, 0.29) is 17.8 Å². The average molecular weight is 488 g/mol. The Kier molecular flexibility index (Phi) is 6.78. The Hall–Kier alpha value is -4.59. The van der Waals surface area contributed by atoms with Crippen molar-refractivity contribution in [1.29, 1.82) is 0 Å². The lowest BCUT2D eigenvalue weighted by molar-refractivity contribution is -0.136. The van der Waals surface area contributed by atoms with Crippen molar-refractivity contribution in [3.63, 3.8) is 0 Å². The van der Waals surface area contributed by atoms with Crippen LogP contribution in [0.3, 0.4) is 0 Å². The van der Waals surface area contributed by atoms with Gasteiger partial charge in [0.2, 0.25) is 0 Å². The number of aryl methyl sites for hydroxylation is 1. The topological polar surface area (TPSA) is 113 Å². The summed E-state index contributed by atoms with van der Waals surface area (Å²) in [6.45, 7) is 1.81. The molecule has 184 valence electrons. The summed E-state index contributed by atoms with van der Waals surface area (Å²) >= 11 is 0. The number of carboxylic acid groups (broad SMARTS) is 1. The van der Waals surface area contributed by atoms with Crippen LogP contribution in [0.1, 0.15) is 28.3 Å². The fourth-order valence-electron chi connectivity index (χ4n) is 4.42. The van der Waals surface area contributed by atoms with Gasteiger partial charge >= 0.3 is 5.97 Å². The average Bonchev–Trinajstić information content (AvgIpc) is 3.13. The molecular weight excluding hydrogens is 462 g/mol. The van der Waals surface area contributed by atoms with Gasteiger partial charge in [0, 0.05) is 16.8 Å². The first kappa shape index (κ1) is 24.5. The Balaban J connectivity index is 1.92. The number of carbonyl (C=O) groups is 3. The summed E-state index contributed by atoms with van der Waals surface area (Å²) in [5, 5.41) is 20.4. The third-order valence-corrected chi connectivity index (χ3v) is 6.12. The molecule has 1 atom stereocenters. The molecule has 1 aliphatic rings. The number of ether oxygens (including phenoxy) is 2. The van der Waals surface area contributed by atoms with Crippen LogP contribution in [0.2, 0.25) is 0 Å². The Bertz CT molecular complexity index is 1370. The van der Waals surface area contributed by atoms with Crippen LogP contribution in [0.4, 0.5) is 5.69 Å². The van der Waals surface area contributed by atoms with Crippen molar-refractivity contribution in [2.75, 3.05) is 19.1 Å². The van der Waals surface area contributed by atoms with Crippen molar-refractivity contribution in [2.45, 2.75) is 19.4 Å². The van der Waals surface area contributed by atoms with E-state index in [9.17, 15) is 19.5 Å². The quantitative estimate of drug-likeness (QED) is 0.291. The number of carboxylic acids is 1. The van der Waals surface area contributed by atoms with Crippen LogP contribution >= 0.6 is 0 Å². The molecule has 1 saturated heterocycles. The molecule has 2 N–H and O–H groups in total. The number of aliphatic carboxylic acids is 1. The van der Waals surface area contributed by atoms with Crippen LogP contribution in [-0.2, 0) is 20.8 Å². The van der Waals surface area contributed by atoms with E-state index in [2.05, 4.69) is 0 Å². The molecule has 1 unspecified atom stereocenters. The number of anilines is 1. The summed E-state index contributed by atoms with van der Waals surface area (Å²) in [4.78, 5) is 39.1. The number of carbonyl (C=O) groups excluding carboxylic acids is 2. The second-order valence-corrected chi connectivity index (χ2v) is 8.33. The molecule has 0 spiro atoms. The van der Waals surface area contributed by atoms with E-state index in [1.54, 1.807) is 66.7 Å². The minimum absolute atomic E-state index is 0.0799. The zero-order valence-corrected chi connectivity index (χ0v) is 20.0. The van der Waals surface area contributed by atoms with Crippen LogP contribution in [0, 0.1) is 6.92 Å². The minimum atomic E-state index is -0.980. The number of amides is 1. The number of ketones is 1. The molecule has 0 aromatic heterocycles. The third-order valence-electron chi connectivity index (χ3n) is 6.12. The first-order valence-electron chi connectivity index (χ1n) is 11.2. The summed E-state index contributed by atoms with van der Waals surface area (Å²) < 4.78 is 10.8. The van der Waals surface area contributed by atoms with Gasteiger partial charge in [-0.3, -0.25) is 19.3 Å². The largest absolute Gasteiger partial charge is 0.507 e. The van der Waals surface area contributed by atoms with Gasteiger partial charge in [-0.05, 0) is 54.4 Å². The van der Waals surface area contributed by atoms with Crippen LogP contribution < -0.4 is 14.4 Å². The number of methoxy groups -OCH3 is 2. The zero-order chi connectivity index (χ0) is 26.0. The molecule has 0 radical (unpaired) electrons. The van der Waals surface area contributed by atoms with Gasteiger partial charge in [-0.15, -0.1) is 0 Å². The van der Waals surface area contributed by atoms with Gasteiger partial charge in [0.05, 0.1) is 32.3 Å². The van der Waals surface area contributed by atoms with E-state index >= 15 is 0 Å². The van der Waals surface area contributed by atoms with Crippen molar-refractivity contribution in [2.24, 2.45) is 0 Å². The molecule has 4 rings (SSSR count). The molecule has 1 fully saturated rings. The molecule has 3 aromatic rings. The molecule has 1 aliphatic heterocycles. The highest BCUT2D eigenvalue weighted by Crippen LogP contribution is 2.45. The number of rotatable bonds is 7. The summed E-state index contributed by atoms with van der Waals surface area (Å²) in [5.41, 5.74) is 2.48. The maximum absolute atomic E-state index is 13.4. The zero-order valence-electron chi connectivity index (χ0n) is 20.0. The molecule has 1 heterocycles. The molecule has 8 nitrogen and oxygen atoms in total. The van der Waals surface area contributed by atoms with Crippen LogP contribution in [0.15, 0.2) is 72.3 Å². The number of nitrogens with zero attached hydrogens (tertiary/aromatic N) is 1. The number of para-hydroxylation sites is 1. The van der Waals surface area contributed by atoms with Gasteiger partial charge < -0.3 is 19.7 Å². The number of Topliss-reactive ketones (excluding diaryl/α,β-unsaturated/α-hetero) is 1. The SMILES string of the molecule is COc1ccc(/C(O)=C2\C(=O)C(=O)N(c3ccc(CC(=O)O)cc3)C2c2ccccc2OC)cc1C. The van der Waals surface area contributed by atoms with Crippen molar-refractivity contribution >= 4 is 29.1 Å². The smallest absolute Gasteiger partial charge is 0.307 e. The van der Waals surface area contributed by atoms with Gasteiger partial charge in [-0.1, -0.05) is 30.3 Å². The Morgan fingerprint density at radius 3 is 2.19 bits per heavy atom. The standard InChI is InChI=1S/C28H25NO7/c1-16-14-18(10-13-21(16)35-2)26(32)24-25(20-6-4-5-7-22(20)36-3)29(28(34)27(24)33)19-11-8-17(9-12-19)15-23(30)31/h4-14,25,32H,15H2,1-3H3,(H,30,31)/b26-24+. The normalized spacial score (nSPS) is 16.8. The van der Waals surface area contributed by atoms with Gasteiger partial charge in [0.15, 0.2) is 0 Å². The van der Waals surface area contributed by atoms with Crippen molar-refractivity contribution in [3.8, 4) is 11.5 Å². The van der Waals surface area contributed by atoms with Gasteiger partial charge in [0.1, 0.15) is 17.3 Å². The summed E-state index contributed by atoms with van der Waals surface area (Å²) in [6.07, 6.45) is -0.175. The van der Waals surface area contributed by atoms with E-state index in [0.29, 0.717) is 33.9 Å². The third kappa shape index (κ3) is 4.40. The highest BCUT2D eigenvalue weighted by Gasteiger charge is 2.47. The molecule has 0 bridgehead atoms. The maximum Gasteiger partial charge on any atom is 0.307 e. The lowest BCUT2D eigenvalue weighted by Crippen LogP contribution is -2.29. The highest BCUT2D eigenvalue weighted by atomic mass is 16.5. The number of hydrogen-bond donors (Lipinski definition) is 2. The Morgan fingerprint density at radius 2 is 1.58 bits per heavy atom. The molecular formula is C28H25NO7. The number of aliphatic hydroxyl groups is 1. The first-order chi connectivity index (χ1) is 17.3. The summed E-state index contributed by atoms with van der Waals surface area (Å²) in [7, 11) is 3.02. The fourth-order valence-corrected chi connectivity index (χ4v) is 4.42. The second kappa shape index (κ2) is 9.95. The molecule has 36 heavy (non-hydrogen) atoms. The van der Waals surface area contributed by atoms with E-state index < -0.39 is 23.7 Å². The van der Waals surface area contributed by atoms with Gasteiger partial charge in [0.25, 0.3) is 11.7 Å². The molecule has 3 aromatic carbocycles. The Morgan fingerprint density at radius 1 is 0.917 bits per heavy atom. The monoisotopic (exact) mass is 487 g/mol. The summed E-state index contributed by atoms with van der Waals surface area (Å²) in [6, 6.07) is 17.3. The van der Waals surface area contributed by atoms with Crippen molar-refractivity contribution in [1.82, 2.24) is 0 Å². The predicted molar refractivity (Wildman–Crippen MR) is 133 cm³/mol. The minimum Gasteiger partial charge on any atom is -0.507 e. The van der Waals surface area contributed by atoms with Crippen LogP contribution in [-0.4, -0.2) is 42.1 Å². The molecule has 8 heteroatoms. The molecule has 0 saturated carbocycles. The fraction of sp³-hybridized carbons (Fsp3) is 0.179. The van der Waals surface area contributed by atoms with Crippen LogP contribution in [0.25, 0.3) is 5.76 Å². The van der Waals surface area contributed by atoms with Gasteiger partial charge in [-0.2, -0.15) is 0 Å². The lowest BCUT2D eigenvalue weighted by atomic mass is 9.94. The van der Waals surface area contributed by atoms with Gasteiger partial charge in [-0.25, -0.2) is 0 Å². The number of aliphatic hydroxyl groups excluding tert-OH is 1.